The predicted molar refractivity (Wildman–Crippen MR) is 83.0 cm³/mol. The fourth-order valence-electron chi connectivity index (χ4n) is 2.00. The molecule has 0 radical (unpaired) electrons. The topological polar surface area (TPSA) is 12.9 Å². The first-order valence-corrected chi connectivity index (χ1v) is 7.99. The minimum absolute atomic E-state index is 0.174. The summed E-state index contributed by atoms with van der Waals surface area (Å²) < 4.78 is 14.1. The van der Waals surface area contributed by atoms with Crippen LogP contribution in [0.5, 0.6) is 0 Å². The Morgan fingerprint density at radius 3 is 2.63 bits per heavy atom. The molecule has 0 bridgehead atoms. The molecule has 0 aliphatic rings. The minimum Gasteiger partial charge on any atom is -0.260 e. The summed E-state index contributed by atoms with van der Waals surface area (Å²) in [5, 5.41) is 0.876. The Hall–Kier alpha value is -0.740. The number of hydrogen-bond donors (Lipinski definition) is 0. The highest BCUT2D eigenvalue weighted by Gasteiger charge is 2.11. The van der Waals surface area contributed by atoms with Gasteiger partial charge >= 0.3 is 0 Å². The Morgan fingerprint density at radius 2 is 2.00 bits per heavy atom. The molecule has 1 aromatic carbocycles. The van der Waals surface area contributed by atoms with E-state index in [9.17, 15) is 4.39 Å². The SMILES string of the molecule is Fc1cccc(CC(CBr)Cc2ccc(Br)cn2)c1. The van der Waals surface area contributed by atoms with E-state index < -0.39 is 0 Å². The number of halogens is 3. The Morgan fingerprint density at radius 1 is 1.16 bits per heavy atom. The van der Waals surface area contributed by atoms with Crippen LogP contribution in [0.15, 0.2) is 47.1 Å². The van der Waals surface area contributed by atoms with Gasteiger partial charge in [0.2, 0.25) is 0 Å². The van der Waals surface area contributed by atoms with Gasteiger partial charge < -0.3 is 0 Å². The van der Waals surface area contributed by atoms with Gasteiger partial charge in [-0.3, -0.25) is 4.98 Å². The van der Waals surface area contributed by atoms with Gasteiger partial charge in [0, 0.05) is 21.7 Å². The third-order valence-corrected chi connectivity index (χ3v) is 4.30. The van der Waals surface area contributed by atoms with Gasteiger partial charge in [-0.1, -0.05) is 28.1 Å². The van der Waals surface area contributed by atoms with Crippen molar-refractivity contribution in [3.8, 4) is 0 Å². The van der Waals surface area contributed by atoms with E-state index in [4.69, 9.17) is 0 Å². The lowest BCUT2D eigenvalue weighted by atomic mass is 9.96. The third-order valence-electron chi connectivity index (χ3n) is 2.92. The van der Waals surface area contributed by atoms with Crippen LogP contribution >= 0.6 is 31.9 Å². The van der Waals surface area contributed by atoms with Crippen molar-refractivity contribution in [1.82, 2.24) is 4.98 Å². The van der Waals surface area contributed by atoms with Crippen molar-refractivity contribution in [2.45, 2.75) is 12.8 Å². The number of hydrogen-bond acceptors (Lipinski definition) is 1. The van der Waals surface area contributed by atoms with Crippen molar-refractivity contribution < 1.29 is 4.39 Å². The van der Waals surface area contributed by atoms with Crippen molar-refractivity contribution in [3.05, 3.63) is 64.1 Å². The molecule has 4 heteroatoms. The first-order chi connectivity index (χ1) is 9.17. The molecule has 1 aromatic heterocycles. The zero-order chi connectivity index (χ0) is 13.7. The molecule has 0 aliphatic heterocycles. The summed E-state index contributed by atoms with van der Waals surface area (Å²) in [5.74, 6) is 0.239. The first kappa shape index (κ1) is 14.7. The maximum Gasteiger partial charge on any atom is 0.123 e. The Kier molecular flexibility index (Phi) is 5.52. The van der Waals surface area contributed by atoms with E-state index in [2.05, 4.69) is 36.8 Å². The number of nitrogens with zero attached hydrogens (tertiary/aromatic N) is 1. The number of benzene rings is 1. The van der Waals surface area contributed by atoms with Crippen molar-refractivity contribution in [3.63, 3.8) is 0 Å². The van der Waals surface area contributed by atoms with E-state index in [0.717, 1.165) is 33.9 Å². The highest BCUT2D eigenvalue weighted by atomic mass is 79.9. The van der Waals surface area contributed by atoms with Gasteiger partial charge in [-0.2, -0.15) is 0 Å². The summed E-state index contributed by atoms with van der Waals surface area (Å²) in [6, 6.07) is 10.8. The maximum atomic E-state index is 13.2. The number of rotatable bonds is 5. The lowest BCUT2D eigenvalue weighted by Gasteiger charge is -2.13. The highest BCUT2D eigenvalue weighted by molar-refractivity contribution is 9.10. The van der Waals surface area contributed by atoms with Crippen LogP contribution in [0, 0.1) is 11.7 Å². The van der Waals surface area contributed by atoms with Gasteiger partial charge in [0.25, 0.3) is 0 Å². The number of aromatic nitrogens is 1. The second-order valence-corrected chi connectivity index (χ2v) is 6.09. The van der Waals surface area contributed by atoms with E-state index in [0.29, 0.717) is 5.92 Å². The Labute approximate surface area is 129 Å². The molecular formula is C15H14Br2FN. The van der Waals surface area contributed by atoms with Crippen LogP contribution in [0.1, 0.15) is 11.3 Å². The zero-order valence-electron chi connectivity index (χ0n) is 10.3. The van der Waals surface area contributed by atoms with Crippen LogP contribution < -0.4 is 0 Å². The number of alkyl halides is 1. The fourth-order valence-corrected chi connectivity index (χ4v) is 2.69. The van der Waals surface area contributed by atoms with Crippen molar-refractivity contribution >= 4 is 31.9 Å². The molecule has 0 saturated heterocycles. The van der Waals surface area contributed by atoms with Crippen LogP contribution in [0.25, 0.3) is 0 Å². The monoisotopic (exact) mass is 385 g/mol. The van der Waals surface area contributed by atoms with Gasteiger partial charge in [-0.05, 0) is 64.5 Å². The summed E-state index contributed by atoms with van der Waals surface area (Å²) in [5.41, 5.74) is 2.09. The van der Waals surface area contributed by atoms with E-state index in [-0.39, 0.29) is 5.82 Å². The highest BCUT2D eigenvalue weighted by Crippen LogP contribution is 2.17. The summed E-state index contributed by atoms with van der Waals surface area (Å²) in [6.45, 7) is 0. The summed E-state index contributed by atoms with van der Waals surface area (Å²) in [4.78, 5) is 4.38. The van der Waals surface area contributed by atoms with Crippen LogP contribution in [0.2, 0.25) is 0 Å². The molecule has 0 aliphatic carbocycles. The minimum atomic E-state index is -0.174. The van der Waals surface area contributed by atoms with Crippen LogP contribution in [-0.2, 0) is 12.8 Å². The maximum absolute atomic E-state index is 13.2. The molecule has 1 atom stereocenters. The summed E-state index contributed by atoms with van der Waals surface area (Å²) >= 11 is 6.91. The van der Waals surface area contributed by atoms with Gasteiger partial charge in [-0.25, -0.2) is 4.39 Å². The van der Waals surface area contributed by atoms with E-state index in [1.165, 1.54) is 6.07 Å². The van der Waals surface area contributed by atoms with Gasteiger partial charge in [0.05, 0.1) is 0 Å². The Balaban J connectivity index is 2.02. The predicted octanol–water partition coefficient (Wildman–Crippen LogP) is 4.78. The zero-order valence-corrected chi connectivity index (χ0v) is 13.5. The molecule has 2 aromatic rings. The van der Waals surface area contributed by atoms with E-state index >= 15 is 0 Å². The second kappa shape index (κ2) is 7.15. The molecular weight excluding hydrogens is 373 g/mol. The molecule has 0 N–H and O–H groups in total. The summed E-state index contributed by atoms with van der Waals surface area (Å²) in [6.07, 6.45) is 3.54. The first-order valence-electron chi connectivity index (χ1n) is 6.08. The Bertz CT molecular complexity index is 528. The van der Waals surface area contributed by atoms with Crippen molar-refractivity contribution in [2.75, 3.05) is 5.33 Å². The van der Waals surface area contributed by atoms with Crippen molar-refractivity contribution in [2.24, 2.45) is 5.92 Å². The fraction of sp³-hybridized carbons (Fsp3) is 0.267. The van der Waals surface area contributed by atoms with Gasteiger partial charge in [0.15, 0.2) is 0 Å². The third kappa shape index (κ3) is 4.69. The molecule has 100 valence electrons. The summed E-state index contributed by atoms with van der Waals surface area (Å²) in [7, 11) is 0. The van der Waals surface area contributed by atoms with Gasteiger partial charge in [-0.15, -0.1) is 0 Å². The molecule has 0 spiro atoms. The van der Waals surface area contributed by atoms with Gasteiger partial charge in [0.1, 0.15) is 5.82 Å². The second-order valence-electron chi connectivity index (χ2n) is 4.53. The molecule has 19 heavy (non-hydrogen) atoms. The van der Waals surface area contributed by atoms with E-state index in [1.54, 1.807) is 12.1 Å². The van der Waals surface area contributed by atoms with Crippen LogP contribution in [0.3, 0.4) is 0 Å². The lowest BCUT2D eigenvalue weighted by Crippen LogP contribution is -2.11. The normalized spacial score (nSPS) is 12.4. The molecule has 0 saturated carbocycles. The molecule has 1 nitrogen and oxygen atoms in total. The standard InChI is InChI=1S/C15H14Br2FN/c16-9-12(6-11-2-1-3-14(18)7-11)8-15-5-4-13(17)10-19-15/h1-5,7,10,12H,6,8-9H2. The van der Waals surface area contributed by atoms with Crippen molar-refractivity contribution in [1.29, 1.82) is 0 Å². The quantitative estimate of drug-likeness (QED) is 0.674. The van der Waals surface area contributed by atoms with Crippen LogP contribution in [-0.4, -0.2) is 10.3 Å². The molecule has 0 amide bonds. The largest absolute Gasteiger partial charge is 0.260 e. The average molecular weight is 387 g/mol. The van der Waals surface area contributed by atoms with E-state index in [1.807, 2.05) is 24.4 Å². The molecule has 1 heterocycles. The molecule has 1 unspecified atom stereocenters. The molecule has 0 fully saturated rings. The lowest BCUT2D eigenvalue weighted by molar-refractivity contribution is 0.575. The average Bonchev–Trinajstić information content (AvgIpc) is 2.40. The smallest absolute Gasteiger partial charge is 0.123 e. The molecule has 2 rings (SSSR count). The van der Waals surface area contributed by atoms with Crippen LogP contribution in [0.4, 0.5) is 4.39 Å². The number of pyridine rings is 1.